The number of fused-ring (bicyclic) bond motifs is 1. The predicted octanol–water partition coefficient (Wildman–Crippen LogP) is 1.94. The molecule has 0 spiro atoms. The highest BCUT2D eigenvalue weighted by molar-refractivity contribution is 5.89. The summed E-state index contributed by atoms with van der Waals surface area (Å²) in [7, 11) is 0. The van der Waals surface area contributed by atoms with Crippen LogP contribution in [0.5, 0.6) is 0 Å². The molecule has 0 aliphatic heterocycles. The van der Waals surface area contributed by atoms with E-state index < -0.39 is 17.9 Å². The summed E-state index contributed by atoms with van der Waals surface area (Å²) in [6, 6.07) is 7.36. The Hall–Kier alpha value is -2.30. The molecule has 0 aliphatic rings. The second-order valence-electron chi connectivity index (χ2n) is 5.02. The van der Waals surface area contributed by atoms with Crippen LogP contribution >= 0.6 is 0 Å². The summed E-state index contributed by atoms with van der Waals surface area (Å²) in [6.07, 6.45) is 2.05. The Bertz CT molecular complexity index is 633. The van der Waals surface area contributed by atoms with Crippen molar-refractivity contribution < 1.29 is 14.7 Å². The number of rotatable bonds is 5. The van der Waals surface area contributed by atoms with E-state index >= 15 is 0 Å². The lowest BCUT2D eigenvalue weighted by molar-refractivity contribution is -0.142. The van der Waals surface area contributed by atoms with Gasteiger partial charge in [0.2, 0.25) is 5.91 Å². The molecule has 3 N–H and O–H groups in total. The van der Waals surface area contributed by atoms with Crippen LogP contribution in [0.1, 0.15) is 19.4 Å². The summed E-state index contributed by atoms with van der Waals surface area (Å²) in [6.45, 7) is 3.28. The van der Waals surface area contributed by atoms with Gasteiger partial charge in [0.25, 0.3) is 0 Å². The van der Waals surface area contributed by atoms with Crippen molar-refractivity contribution in [1.29, 1.82) is 0 Å². The van der Waals surface area contributed by atoms with Crippen molar-refractivity contribution in [3.05, 3.63) is 36.0 Å². The lowest BCUT2D eigenvalue weighted by Gasteiger charge is -2.17. The van der Waals surface area contributed by atoms with E-state index in [4.69, 9.17) is 5.11 Å². The number of H-pyrrole nitrogens is 1. The van der Waals surface area contributed by atoms with Crippen molar-refractivity contribution >= 4 is 22.8 Å². The Morgan fingerprint density at radius 2 is 2.00 bits per heavy atom. The van der Waals surface area contributed by atoms with Gasteiger partial charge >= 0.3 is 5.97 Å². The molecule has 1 heterocycles. The number of hydrogen-bond donors (Lipinski definition) is 3. The summed E-state index contributed by atoms with van der Waals surface area (Å²) in [5, 5.41) is 12.7. The zero-order chi connectivity index (χ0) is 14.7. The molecule has 0 saturated carbocycles. The normalized spacial score (nSPS) is 13.9. The van der Waals surface area contributed by atoms with Gasteiger partial charge < -0.3 is 15.4 Å². The van der Waals surface area contributed by atoms with Gasteiger partial charge in [-0.1, -0.05) is 18.2 Å². The second kappa shape index (κ2) is 5.77. The molecule has 2 rings (SSSR count). The third-order valence-electron chi connectivity index (χ3n) is 3.55. The van der Waals surface area contributed by atoms with Gasteiger partial charge in [0, 0.05) is 23.1 Å². The smallest absolute Gasteiger partial charge is 0.308 e. The summed E-state index contributed by atoms with van der Waals surface area (Å²) < 4.78 is 0. The van der Waals surface area contributed by atoms with E-state index in [0.29, 0.717) is 0 Å². The number of carbonyl (C=O) groups is 2. The first-order valence-corrected chi connectivity index (χ1v) is 6.56. The molecule has 2 atom stereocenters. The highest BCUT2D eigenvalue weighted by Gasteiger charge is 2.21. The van der Waals surface area contributed by atoms with Crippen LogP contribution in [0.3, 0.4) is 0 Å². The number of aromatic nitrogens is 1. The standard InChI is InChI=1S/C15H18N2O3/c1-9(15(19)20)10(2)17-14(18)7-11-8-16-13-6-4-3-5-12(11)13/h3-6,8-10,16H,7H2,1-2H3,(H,17,18)(H,19,20). The van der Waals surface area contributed by atoms with Crippen LogP contribution < -0.4 is 5.32 Å². The highest BCUT2D eigenvalue weighted by atomic mass is 16.4. The van der Waals surface area contributed by atoms with E-state index in [9.17, 15) is 9.59 Å². The average Bonchev–Trinajstić information content (AvgIpc) is 2.81. The molecule has 1 aromatic carbocycles. The number of carboxylic acid groups (broad SMARTS) is 1. The van der Waals surface area contributed by atoms with Crippen molar-refractivity contribution in [2.45, 2.75) is 26.3 Å². The SMILES string of the molecule is CC(NC(=O)Cc1c[nH]c2ccccc12)C(C)C(=O)O. The van der Waals surface area contributed by atoms with Crippen molar-refractivity contribution in [2.24, 2.45) is 5.92 Å². The van der Waals surface area contributed by atoms with Gasteiger partial charge in [0.1, 0.15) is 0 Å². The zero-order valence-corrected chi connectivity index (χ0v) is 11.5. The lowest BCUT2D eigenvalue weighted by Crippen LogP contribution is -2.40. The Morgan fingerprint density at radius 1 is 1.30 bits per heavy atom. The molecule has 5 nitrogen and oxygen atoms in total. The molecule has 1 amide bonds. The monoisotopic (exact) mass is 274 g/mol. The van der Waals surface area contributed by atoms with Crippen LogP contribution in [0.25, 0.3) is 10.9 Å². The molecule has 0 saturated heterocycles. The zero-order valence-electron chi connectivity index (χ0n) is 11.5. The van der Waals surface area contributed by atoms with Crippen molar-refractivity contribution in [2.75, 3.05) is 0 Å². The van der Waals surface area contributed by atoms with Crippen LogP contribution in [-0.2, 0) is 16.0 Å². The molecule has 2 unspecified atom stereocenters. The van der Waals surface area contributed by atoms with Gasteiger partial charge in [-0.3, -0.25) is 9.59 Å². The van der Waals surface area contributed by atoms with Crippen LogP contribution in [-0.4, -0.2) is 28.0 Å². The number of carboxylic acids is 1. The predicted molar refractivity (Wildman–Crippen MR) is 76.4 cm³/mol. The minimum atomic E-state index is -0.912. The maximum Gasteiger partial charge on any atom is 0.308 e. The lowest BCUT2D eigenvalue weighted by atomic mass is 10.0. The number of carbonyl (C=O) groups excluding carboxylic acids is 1. The summed E-state index contributed by atoms with van der Waals surface area (Å²) in [5.41, 5.74) is 1.90. The van der Waals surface area contributed by atoms with Crippen LogP contribution in [0.15, 0.2) is 30.5 Å². The third-order valence-corrected chi connectivity index (χ3v) is 3.55. The fourth-order valence-electron chi connectivity index (χ4n) is 2.09. The Kier molecular flexibility index (Phi) is 4.08. The minimum absolute atomic E-state index is 0.171. The summed E-state index contributed by atoms with van der Waals surface area (Å²) in [4.78, 5) is 25.9. The van der Waals surface area contributed by atoms with Gasteiger partial charge in [-0.25, -0.2) is 0 Å². The Morgan fingerprint density at radius 3 is 2.70 bits per heavy atom. The molecule has 0 radical (unpaired) electrons. The second-order valence-corrected chi connectivity index (χ2v) is 5.02. The number of nitrogens with one attached hydrogen (secondary N) is 2. The third kappa shape index (κ3) is 2.99. The fraction of sp³-hybridized carbons (Fsp3) is 0.333. The summed E-state index contributed by atoms with van der Waals surface area (Å²) in [5.74, 6) is -1.69. The largest absolute Gasteiger partial charge is 0.481 e. The molecule has 106 valence electrons. The van der Waals surface area contributed by atoms with Gasteiger partial charge in [0.05, 0.1) is 12.3 Å². The van der Waals surface area contributed by atoms with E-state index in [-0.39, 0.29) is 12.3 Å². The quantitative estimate of drug-likeness (QED) is 0.779. The molecular formula is C15H18N2O3. The molecule has 1 aromatic heterocycles. The average molecular weight is 274 g/mol. The molecule has 0 aliphatic carbocycles. The van der Waals surface area contributed by atoms with Crippen LogP contribution in [0.2, 0.25) is 0 Å². The number of hydrogen-bond acceptors (Lipinski definition) is 2. The molecule has 5 heteroatoms. The molecule has 2 aromatic rings. The van der Waals surface area contributed by atoms with Crippen molar-refractivity contribution in [1.82, 2.24) is 10.3 Å². The highest BCUT2D eigenvalue weighted by Crippen LogP contribution is 2.18. The molecule has 20 heavy (non-hydrogen) atoms. The van der Waals surface area contributed by atoms with Crippen molar-refractivity contribution in [3.63, 3.8) is 0 Å². The van der Waals surface area contributed by atoms with E-state index in [1.807, 2.05) is 30.5 Å². The fourth-order valence-corrected chi connectivity index (χ4v) is 2.09. The number of para-hydroxylation sites is 1. The Balaban J connectivity index is 2.03. The topological polar surface area (TPSA) is 82.2 Å². The van der Waals surface area contributed by atoms with E-state index in [1.165, 1.54) is 0 Å². The van der Waals surface area contributed by atoms with Gasteiger partial charge in [0.15, 0.2) is 0 Å². The first-order valence-electron chi connectivity index (χ1n) is 6.56. The summed E-state index contributed by atoms with van der Waals surface area (Å²) >= 11 is 0. The number of benzene rings is 1. The number of aliphatic carboxylic acids is 1. The maximum absolute atomic E-state index is 12.0. The Labute approximate surface area is 117 Å². The molecular weight excluding hydrogens is 256 g/mol. The van der Waals surface area contributed by atoms with Gasteiger partial charge in [-0.2, -0.15) is 0 Å². The molecule has 0 bridgehead atoms. The van der Waals surface area contributed by atoms with Gasteiger partial charge in [-0.05, 0) is 25.5 Å². The first-order chi connectivity index (χ1) is 9.49. The number of amides is 1. The minimum Gasteiger partial charge on any atom is -0.481 e. The molecule has 0 fully saturated rings. The van der Waals surface area contributed by atoms with Gasteiger partial charge in [-0.15, -0.1) is 0 Å². The maximum atomic E-state index is 12.0. The number of aromatic amines is 1. The van der Waals surface area contributed by atoms with E-state index in [1.54, 1.807) is 13.8 Å². The van der Waals surface area contributed by atoms with Crippen LogP contribution in [0, 0.1) is 5.92 Å². The first kappa shape index (κ1) is 14.1. The van der Waals surface area contributed by atoms with E-state index in [0.717, 1.165) is 16.5 Å². The van der Waals surface area contributed by atoms with Crippen LogP contribution in [0.4, 0.5) is 0 Å². The van der Waals surface area contributed by atoms with E-state index in [2.05, 4.69) is 10.3 Å². The van der Waals surface area contributed by atoms with Crippen molar-refractivity contribution in [3.8, 4) is 0 Å².